The van der Waals surface area contributed by atoms with Gasteiger partial charge in [-0.2, -0.15) is 0 Å². The summed E-state index contributed by atoms with van der Waals surface area (Å²) in [5.41, 5.74) is 1.55. The quantitative estimate of drug-likeness (QED) is 0.287. The highest BCUT2D eigenvalue weighted by Crippen LogP contribution is 2.23. The van der Waals surface area contributed by atoms with E-state index >= 15 is 0 Å². The predicted molar refractivity (Wildman–Crippen MR) is 138 cm³/mol. The molecular weight excluding hydrogens is 495 g/mol. The Labute approximate surface area is 219 Å². The van der Waals surface area contributed by atoms with Crippen molar-refractivity contribution in [3.8, 4) is 5.75 Å². The lowest BCUT2D eigenvalue weighted by atomic mass is 10.0. The zero-order valence-corrected chi connectivity index (χ0v) is 20.7. The summed E-state index contributed by atoms with van der Waals surface area (Å²) in [6.07, 6.45) is 1.79. The Morgan fingerprint density at radius 1 is 0.919 bits per heavy atom. The minimum absolute atomic E-state index is 0.0800. The third-order valence-corrected chi connectivity index (χ3v) is 6.05. The SMILES string of the molecule is O=C(NCc1ccco1)[C@H](Cc1ccccc1)N(Cc1ccc(F)cc1)C(=O)COc1ccccc1Cl. The largest absolute Gasteiger partial charge is 0.482 e. The maximum Gasteiger partial charge on any atom is 0.261 e. The molecule has 0 radical (unpaired) electrons. The smallest absolute Gasteiger partial charge is 0.261 e. The summed E-state index contributed by atoms with van der Waals surface area (Å²) in [6, 6.07) is 24.7. The molecule has 190 valence electrons. The molecule has 0 aliphatic carbocycles. The van der Waals surface area contributed by atoms with E-state index in [0.717, 1.165) is 5.56 Å². The Hall–Kier alpha value is -4.10. The van der Waals surface area contributed by atoms with Crippen LogP contribution in [-0.4, -0.2) is 29.4 Å². The van der Waals surface area contributed by atoms with Crippen LogP contribution in [0.15, 0.2) is 102 Å². The molecule has 1 heterocycles. The molecule has 0 saturated carbocycles. The minimum Gasteiger partial charge on any atom is -0.482 e. The van der Waals surface area contributed by atoms with Gasteiger partial charge >= 0.3 is 0 Å². The second kappa shape index (κ2) is 12.7. The van der Waals surface area contributed by atoms with Crippen molar-refractivity contribution >= 4 is 23.4 Å². The highest BCUT2D eigenvalue weighted by Gasteiger charge is 2.31. The number of benzene rings is 3. The van der Waals surface area contributed by atoms with Crippen LogP contribution in [-0.2, 0) is 29.1 Å². The highest BCUT2D eigenvalue weighted by molar-refractivity contribution is 6.32. The molecule has 37 heavy (non-hydrogen) atoms. The van der Waals surface area contributed by atoms with Crippen LogP contribution in [0.3, 0.4) is 0 Å². The van der Waals surface area contributed by atoms with Gasteiger partial charge in [0.15, 0.2) is 6.61 Å². The maximum atomic E-state index is 13.6. The summed E-state index contributed by atoms with van der Waals surface area (Å²) in [4.78, 5) is 28.5. The first kappa shape index (κ1) is 26.0. The molecule has 6 nitrogen and oxygen atoms in total. The number of ether oxygens (including phenoxy) is 1. The average molecular weight is 521 g/mol. The van der Waals surface area contributed by atoms with E-state index in [1.165, 1.54) is 23.3 Å². The highest BCUT2D eigenvalue weighted by atomic mass is 35.5. The van der Waals surface area contributed by atoms with Crippen LogP contribution >= 0.6 is 11.6 Å². The van der Waals surface area contributed by atoms with Crippen molar-refractivity contribution in [3.63, 3.8) is 0 Å². The molecule has 0 fully saturated rings. The molecule has 0 bridgehead atoms. The number of amides is 2. The van der Waals surface area contributed by atoms with Crippen molar-refractivity contribution in [2.24, 2.45) is 0 Å². The van der Waals surface area contributed by atoms with Gasteiger partial charge in [0, 0.05) is 13.0 Å². The molecule has 1 aromatic heterocycles. The molecule has 1 N–H and O–H groups in total. The number of hydrogen-bond acceptors (Lipinski definition) is 4. The van der Waals surface area contributed by atoms with E-state index in [4.69, 9.17) is 20.8 Å². The van der Waals surface area contributed by atoms with Crippen LogP contribution in [0.4, 0.5) is 4.39 Å². The Morgan fingerprint density at radius 2 is 1.65 bits per heavy atom. The van der Waals surface area contributed by atoms with Gasteiger partial charge in [-0.05, 0) is 47.5 Å². The van der Waals surface area contributed by atoms with Crippen LogP contribution in [0.2, 0.25) is 5.02 Å². The molecule has 1 atom stereocenters. The van der Waals surface area contributed by atoms with E-state index < -0.39 is 11.9 Å². The number of para-hydroxylation sites is 1. The second-order valence-corrected chi connectivity index (χ2v) is 8.78. The normalized spacial score (nSPS) is 11.5. The third kappa shape index (κ3) is 7.44. The van der Waals surface area contributed by atoms with Crippen LogP contribution in [0.25, 0.3) is 0 Å². The Balaban J connectivity index is 1.61. The van der Waals surface area contributed by atoms with Crippen molar-refractivity contribution < 1.29 is 23.1 Å². The fourth-order valence-corrected chi connectivity index (χ4v) is 4.02. The van der Waals surface area contributed by atoms with E-state index in [1.807, 2.05) is 30.3 Å². The summed E-state index contributed by atoms with van der Waals surface area (Å²) in [5, 5.41) is 3.24. The number of nitrogens with zero attached hydrogens (tertiary/aromatic N) is 1. The van der Waals surface area contributed by atoms with Crippen LogP contribution in [0.5, 0.6) is 5.75 Å². The van der Waals surface area contributed by atoms with Crippen molar-refractivity contribution in [2.45, 2.75) is 25.6 Å². The van der Waals surface area contributed by atoms with Crippen LogP contribution in [0, 0.1) is 5.82 Å². The van der Waals surface area contributed by atoms with Gasteiger partial charge in [-0.1, -0.05) is 66.2 Å². The fourth-order valence-electron chi connectivity index (χ4n) is 3.83. The minimum atomic E-state index is -0.871. The molecular formula is C29H26ClFN2O4. The molecule has 3 aromatic carbocycles. The number of carbonyl (C=O) groups excluding carboxylic acids is 2. The summed E-state index contributed by atoms with van der Waals surface area (Å²) in [5.74, 6) is -0.209. The van der Waals surface area contributed by atoms with Crippen LogP contribution in [0.1, 0.15) is 16.9 Å². The molecule has 0 spiro atoms. The molecule has 4 aromatic rings. The van der Waals surface area contributed by atoms with E-state index in [9.17, 15) is 14.0 Å². The monoisotopic (exact) mass is 520 g/mol. The average Bonchev–Trinajstić information content (AvgIpc) is 3.44. The molecule has 0 aliphatic heterocycles. The van der Waals surface area contributed by atoms with Crippen molar-refractivity contribution in [3.05, 3.63) is 125 Å². The summed E-state index contributed by atoms with van der Waals surface area (Å²) < 4.78 is 24.6. The van der Waals surface area contributed by atoms with Crippen molar-refractivity contribution in [1.82, 2.24) is 10.2 Å². The summed E-state index contributed by atoms with van der Waals surface area (Å²) in [7, 11) is 0. The lowest BCUT2D eigenvalue weighted by molar-refractivity contribution is -0.142. The molecule has 0 unspecified atom stereocenters. The van der Waals surface area contributed by atoms with Gasteiger partial charge in [0.25, 0.3) is 5.91 Å². The summed E-state index contributed by atoms with van der Waals surface area (Å²) in [6.45, 7) is -0.0792. The number of nitrogens with one attached hydrogen (secondary N) is 1. The summed E-state index contributed by atoms with van der Waals surface area (Å²) >= 11 is 6.18. The Kier molecular flexibility index (Phi) is 8.94. The van der Waals surface area contributed by atoms with Gasteiger partial charge in [0.1, 0.15) is 23.4 Å². The molecule has 0 aliphatic rings. The number of furan rings is 1. The topological polar surface area (TPSA) is 71.8 Å². The number of halogens is 2. The molecule has 4 rings (SSSR count). The molecule has 2 amide bonds. The van der Waals surface area contributed by atoms with Gasteiger partial charge in [0.05, 0.1) is 17.8 Å². The zero-order chi connectivity index (χ0) is 26.0. The zero-order valence-electron chi connectivity index (χ0n) is 20.0. The molecule has 0 saturated heterocycles. The predicted octanol–water partition coefficient (Wildman–Crippen LogP) is 5.41. The van der Waals surface area contributed by atoms with Crippen LogP contribution < -0.4 is 10.1 Å². The van der Waals surface area contributed by atoms with Gasteiger partial charge in [-0.3, -0.25) is 9.59 Å². The van der Waals surface area contributed by atoms with Gasteiger partial charge in [-0.15, -0.1) is 0 Å². The first-order valence-electron chi connectivity index (χ1n) is 11.7. The third-order valence-electron chi connectivity index (χ3n) is 5.74. The lowest BCUT2D eigenvalue weighted by Gasteiger charge is -2.31. The first-order valence-corrected chi connectivity index (χ1v) is 12.1. The first-order chi connectivity index (χ1) is 18.0. The van der Waals surface area contributed by atoms with E-state index in [2.05, 4.69) is 5.32 Å². The fraction of sp³-hybridized carbons (Fsp3) is 0.172. The van der Waals surface area contributed by atoms with E-state index in [-0.39, 0.29) is 37.8 Å². The van der Waals surface area contributed by atoms with Crippen molar-refractivity contribution in [2.75, 3.05) is 6.61 Å². The standard InChI is InChI=1S/C29H26ClFN2O4/c30-25-10-4-5-11-27(25)37-20-28(34)33(19-22-12-14-23(31)15-13-22)26(17-21-7-2-1-3-8-21)29(35)32-18-24-9-6-16-36-24/h1-16,26H,17-20H2,(H,32,35)/t26-/m0/s1. The van der Waals surface area contributed by atoms with Gasteiger partial charge in [-0.25, -0.2) is 4.39 Å². The number of hydrogen-bond donors (Lipinski definition) is 1. The number of rotatable bonds is 11. The van der Waals surface area contributed by atoms with E-state index in [0.29, 0.717) is 22.1 Å². The van der Waals surface area contributed by atoms with Gasteiger partial charge < -0.3 is 19.4 Å². The Morgan fingerprint density at radius 3 is 2.35 bits per heavy atom. The second-order valence-electron chi connectivity index (χ2n) is 8.37. The van der Waals surface area contributed by atoms with Crippen molar-refractivity contribution in [1.29, 1.82) is 0 Å². The van der Waals surface area contributed by atoms with E-state index in [1.54, 1.807) is 48.5 Å². The molecule has 8 heteroatoms. The van der Waals surface area contributed by atoms with Gasteiger partial charge in [0.2, 0.25) is 5.91 Å². The maximum absolute atomic E-state index is 13.6. The lowest BCUT2D eigenvalue weighted by Crippen LogP contribution is -2.51. The Bertz CT molecular complexity index is 1300. The number of carbonyl (C=O) groups is 2.